The van der Waals surface area contributed by atoms with Crippen molar-refractivity contribution in [2.24, 2.45) is 0 Å². The number of aryl methyl sites for hydroxylation is 1. The summed E-state index contributed by atoms with van der Waals surface area (Å²) < 4.78 is 7.39. The van der Waals surface area contributed by atoms with Crippen LogP contribution in [-0.2, 0) is 4.79 Å². The highest BCUT2D eigenvalue weighted by Gasteiger charge is 2.23. The minimum Gasteiger partial charge on any atom is -0.469 e. The molecule has 0 aliphatic carbocycles. The minimum absolute atomic E-state index is 0.0198. The van der Waals surface area contributed by atoms with E-state index >= 15 is 0 Å². The second-order valence-electron chi connectivity index (χ2n) is 6.29. The summed E-state index contributed by atoms with van der Waals surface area (Å²) in [5.74, 6) is 1.45. The fourth-order valence-electron chi connectivity index (χ4n) is 2.56. The summed E-state index contributed by atoms with van der Waals surface area (Å²) in [6, 6.07) is 11.8. The molecule has 1 amide bonds. The molecule has 0 saturated carbocycles. The van der Waals surface area contributed by atoms with E-state index in [9.17, 15) is 4.79 Å². The maximum absolute atomic E-state index is 12.3. The topological polar surface area (TPSA) is 72.9 Å². The second-order valence-corrected chi connectivity index (χ2v) is 7.60. The zero-order chi connectivity index (χ0) is 18.7. The quantitative estimate of drug-likeness (QED) is 0.668. The summed E-state index contributed by atoms with van der Waals surface area (Å²) in [7, 11) is 0. The van der Waals surface area contributed by atoms with E-state index in [1.165, 1.54) is 11.8 Å². The number of para-hydroxylation sites is 1. The summed E-state index contributed by atoms with van der Waals surface area (Å²) in [4.78, 5) is 12.3. The molecule has 3 aromatic rings. The first-order chi connectivity index (χ1) is 12.5. The Labute approximate surface area is 157 Å². The number of amides is 1. The number of aromatic nitrogens is 3. The summed E-state index contributed by atoms with van der Waals surface area (Å²) >= 11 is 1.39. The summed E-state index contributed by atoms with van der Waals surface area (Å²) in [5, 5.41) is 12.0. The first-order valence-electron chi connectivity index (χ1n) is 8.49. The van der Waals surface area contributed by atoms with Crippen LogP contribution in [0.5, 0.6) is 0 Å². The average Bonchev–Trinajstić information content (AvgIpc) is 3.20. The highest BCUT2D eigenvalue weighted by molar-refractivity contribution is 8.00. The molecular weight excluding hydrogens is 348 g/mol. The Balaban J connectivity index is 2.00. The lowest BCUT2D eigenvalue weighted by atomic mass is 10.2. The molecule has 136 valence electrons. The van der Waals surface area contributed by atoms with Gasteiger partial charge in [0, 0.05) is 11.7 Å². The molecule has 6 nitrogen and oxygen atoms in total. The summed E-state index contributed by atoms with van der Waals surface area (Å²) in [6.07, 6.45) is 1.64. The van der Waals surface area contributed by atoms with E-state index in [0.29, 0.717) is 11.0 Å². The molecule has 3 rings (SSSR count). The largest absolute Gasteiger partial charge is 0.469 e. The third kappa shape index (κ3) is 3.83. The Hall–Kier alpha value is -2.54. The monoisotopic (exact) mass is 370 g/mol. The molecule has 0 aliphatic rings. The van der Waals surface area contributed by atoms with Crippen molar-refractivity contribution in [2.45, 2.75) is 44.1 Å². The van der Waals surface area contributed by atoms with E-state index in [1.54, 1.807) is 6.26 Å². The van der Waals surface area contributed by atoms with Gasteiger partial charge in [-0.2, -0.15) is 0 Å². The molecule has 1 N–H and O–H groups in total. The molecular formula is C19H22N4O2S. The SMILES string of the molecule is Cc1occc1-c1nnc(SC(C)C(=O)NC(C)C)n1-c1ccccc1. The molecule has 0 spiro atoms. The molecule has 0 fully saturated rings. The van der Waals surface area contributed by atoms with E-state index in [-0.39, 0.29) is 17.2 Å². The molecule has 7 heteroatoms. The predicted octanol–water partition coefficient (Wildman–Crippen LogP) is 3.84. The highest BCUT2D eigenvalue weighted by atomic mass is 32.2. The Morgan fingerprint density at radius 2 is 1.88 bits per heavy atom. The number of nitrogens with zero attached hydrogens (tertiary/aromatic N) is 3. The van der Waals surface area contributed by atoms with Crippen molar-refractivity contribution in [1.29, 1.82) is 0 Å². The van der Waals surface area contributed by atoms with Crippen molar-refractivity contribution < 1.29 is 9.21 Å². The van der Waals surface area contributed by atoms with Crippen LogP contribution in [-0.4, -0.2) is 32.0 Å². The first-order valence-corrected chi connectivity index (χ1v) is 9.37. The van der Waals surface area contributed by atoms with Crippen LogP contribution in [0.3, 0.4) is 0 Å². The van der Waals surface area contributed by atoms with Crippen molar-refractivity contribution in [2.75, 3.05) is 0 Å². The van der Waals surface area contributed by atoms with Crippen molar-refractivity contribution in [3.63, 3.8) is 0 Å². The number of hydrogen-bond donors (Lipinski definition) is 1. The van der Waals surface area contributed by atoms with Crippen LogP contribution in [0.25, 0.3) is 17.1 Å². The Kier molecular flexibility index (Phi) is 5.46. The van der Waals surface area contributed by atoms with Gasteiger partial charge in [-0.25, -0.2) is 0 Å². The number of thioether (sulfide) groups is 1. The molecule has 2 heterocycles. The fourth-order valence-corrected chi connectivity index (χ4v) is 3.44. The minimum atomic E-state index is -0.289. The zero-order valence-corrected chi connectivity index (χ0v) is 16.1. The third-order valence-corrected chi connectivity index (χ3v) is 4.87. The van der Waals surface area contributed by atoms with Crippen LogP contribution >= 0.6 is 11.8 Å². The van der Waals surface area contributed by atoms with Gasteiger partial charge in [0.15, 0.2) is 11.0 Å². The predicted molar refractivity (Wildman–Crippen MR) is 102 cm³/mol. The van der Waals surface area contributed by atoms with Crippen LogP contribution < -0.4 is 5.32 Å². The fraction of sp³-hybridized carbons (Fsp3) is 0.316. The van der Waals surface area contributed by atoms with Crippen molar-refractivity contribution in [3.8, 4) is 17.1 Å². The second kappa shape index (κ2) is 7.78. The molecule has 0 aliphatic heterocycles. The van der Waals surface area contributed by atoms with Crippen LogP contribution in [0.15, 0.2) is 52.2 Å². The van der Waals surface area contributed by atoms with Crippen LogP contribution in [0.4, 0.5) is 0 Å². The molecule has 26 heavy (non-hydrogen) atoms. The number of hydrogen-bond acceptors (Lipinski definition) is 5. The normalized spacial score (nSPS) is 12.3. The first kappa shape index (κ1) is 18.3. The lowest BCUT2D eigenvalue weighted by molar-refractivity contribution is -0.120. The number of rotatable bonds is 6. The average molecular weight is 370 g/mol. The molecule has 1 atom stereocenters. The van der Waals surface area contributed by atoms with E-state index < -0.39 is 0 Å². The maximum Gasteiger partial charge on any atom is 0.233 e. The van der Waals surface area contributed by atoms with Crippen LogP contribution in [0, 0.1) is 6.92 Å². The van der Waals surface area contributed by atoms with Crippen molar-refractivity contribution >= 4 is 17.7 Å². The number of carbonyl (C=O) groups is 1. The molecule has 2 aromatic heterocycles. The van der Waals surface area contributed by atoms with Gasteiger partial charge in [0.1, 0.15) is 5.76 Å². The number of nitrogens with one attached hydrogen (secondary N) is 1. The lowest BCUT2D eigenvalue weighted by Gasteiger charge is -2.15. The summed E-state index contributed by atoms with van der Waals surface area (Å²) in [6.45, 7) is 7.66. The molecule has 0 radical (unpaired) electrons. The van der Waals surface area contributed by atoms with Crippen LogP contribution in [0.1, 0.15) is 26.5 Å². The van der Waals surface area contributed by atoms with Gasteiger partial charge in [-0.15, -0.1) is 10.2 Å². The molecule has 0 bridgehead atoms. The standard InChI is InChI=1S/C19H22N4O2S/c1-12(2)20-18(24)14(4)26-19-22-21-17(16-10-11-25-13(16)3)23(19)15-8-6-5-7-9-15/h5-12,14H,1-4H3,(H,20,24). The Bertz CT molecular complexity index is 886. The number of benzene rings is 1. The van der Waals surface area contributed by atoms with Gasteiger partial charge >= 0.3 is 0 Å². The van der Waals surface area contributed by atoms with E-state index in [0.717, 1.165) is 17.0 Å². The van der Waals surface area contributed by atoms with E-state index in [1.807, 2.05) is 68.7 Å². The summed E-state index contributed by atoms with van der Waals surface area (Å²) in [5.41, 5.74) is 1.82. The molecule has 1 unspecified atom stereocenters. The lowest BCUT2D eigenvalue weighted by Crippen LogP contribution is -2.36. The van der Waals surface area contributed by atoms with Crippen molar-refractivity contribution in [3.05, 3.63) is 48.4 Å². The van der Waals surface area contributed by atoms with Gasteiger partial charge < -0.3 is 9.73 Å². The molecule has 1 aromatic carbocycles. The van der Waals surface area contributed by atoms with Gasteiger partial charge in [-0.1, -0.05) is 30.0 Å². The van der Waals surface area contributed by atoms with E-state index in [4.69, 9.17) is 4.42 Å². The number of furan rings is 1. The van der Waals surface area contributed by atoms with Crippen LogP contribution in [0.2, 0.25) is 0 Å². The smallest absolute Gasteiger partial charge is 0.233 e. The van der Waals surface area contributed by atoms with Crippen molar-refractivity contribution in [1.82, 2.24) is 20.1 Å². The van der Waals surface area contributed by atoms with E-state index in [2.05, 4.69) is 15.5 Å². The van der Waals surface area contributed by atoms with Gasteiger partial charge in [-0.05, 0) is 45.9 Å². The maximum atomic E-state index is 12.3. The van der Waals surface area contributed by atoms with Gasteiger partial charge in [0.05, 0.1) is 17.1 Å². The zero-order valence-electron chi connectivity index (χ0n) is 15.3. The van der Waals surface area contributed by atoms with Gasteiger partial charge in [0.25, 0.3) is 0 Å². The Morgan fingerprint density at radius 3 is 2.50 bits per heavy atom. The van der Waals surface area contributed by atoms with Gasteiger partial charge in [0.2, 0.25) is 5.91 Å². The Morgan fingerprint density at radius 1 is 1.15 bits per heavy atom. The van der Waals surface area contributed by atoms with Gasteiger partial charge in [-0.3, -0.25) is 9.36 Å². The molecule has 0 saturated heterocycles. The number of carbonyl (C=O) groups excluding carboxylic acids is 1. The highest BCUT2D eigenvalue weighted by Crippen LogP contribution is 2.31. The third-order valence-electron chi connectivity index (χ3n) is 3.83.